The fourth-order valence-electron chi connectivity index (χ4n) is 3.17. The molecule has 3 amide bonds. The highest BCUT2D eigenvalue weighted by Gasteiger charge is 2.39. The molecule has 1 aliphatic heterocycles. The molecule has 1 aliphatic rings. The molecular formula is C24H19ClN4O5S. The molecule has 2 aromatic carbocycles. The van der Waals surface area contributed by atoms with Gasteiger partial charge >= 0.3 is 5.97 Å². The molecule has 178 valence electrons. The van der Waals surface area contributed by atoms with Crippen LogP contribution in [0.25, 0.3) is 0 Å². The van der Waals surface area contributed by atoms with Crippen LogP contribution in [0.15, 0.2) is 70.8 Å². The van der Waals surface area contributed by atoms with Crippen molar-refractivity contribution in [2.45, 2.75) is 13.3 Å². The van der Waals surface area contributed by atoms with Crippen LogP contribution in [0.1, 0.15) is 34.1 Å². The second-order valence-electron chi connectivity index (χ2n) is 7.31. The summed E-state index contributed by atoms with van der Waals surface area (Å²) in [5.41, 5.74) is 1.32. The highest BCUT2D eigenvalue weighted by molar-refractivity contribution is 7.13. The number of carbonyl (C=O) groups is 4. The van der Waals surface area contributed by atoms with Crippen LogP contribution in [0.2, 0.25) is 0 Å². The maximum absolute atomic E-state index is 13.0. The van der Waals surface area contributed by atoms with Crippen molar-refractivity contribution < 1.29 is 23.9 Å². The molecule has 35 heavy (non-hydrogen) atoms. The van der Waals surface area contributed by atoms with Gasteiger partial charge in [-0.2, -0.15) is 0 Å². The van der Waals surface area contributed by atoms with E-state index >= 15 is 0 Å². The first kappa shape index (κ1) is 24.1. The Morgan fingerprint density at radius 3 is 2.34 bits per heavy atom. The van der Waals surface area contributed by atoms with Gasteiger partial charge in [-0.25, -0.2) is 14.7 Å². The lowest BCUT2D eigenvalue weighted by atomic mass is 10.2. The summed E-state index contributed by atoms with van der Waals surface area (Å²) < 4.78 is 5.08. The first-order valence-corrected chi connectivity index (χ1v) is 11.8. The molecule has 0 bridgehead atoms. The Morgan fingerprint density at radius 1 is 1.03 bits per heavy atom. The minimum atomic E-state index is -0.695. The van der Waals surface area contributed by atoms with Crippen LogP contribution in [0.4, 0.5) is 16.5 Å². The van der Waals surface area contributed by atoms with Gasteiger partial charge in [-0.3, -0.25) is 19.7 Å². The molecule has 0 aliphatic carbocycles. The molecule has 0 saturated heterocycles. The number of halogens is 1. The fraction of sp³-hybridized carbons (Fsp3) is 0.125. The molecule has 2 heterocycles. The smallest absolute Gasteiger partial charge is 0.338 e. The van der Waals surface area contributed by atoms with Crippen LogP contribution >= 0.6 is 22.9 Å². The van der Waals surface area contributed by atoms with Crippen molar-refractivity contribution in [3.8, 4) is 0 Å². The summed E-state index contributed by atoms with van der Waals surface area (Å²) in [6, 6.07) is 12.2. The van der Waals surface area contributed by atoms with Gasteiger partial charge in [0.25, 0.3) is 17.7 Å². The monoisotopic (exact) mass is 510 g/mol. The van der Waals surface area contributed by atoms with Crippen molar-refractivity contribution >= 4 is 63.1 Å². The van der Waals surface area contributed by atoms with Gasteiger partial charge < -0.3 is 10.1 Å². The standard InChI is InChI=1S/C24H19ClN4O5S/c1-2-12-34-23(33)15-5-9-17(10-6-15)29-21(31)18(25)19(22(29)32)27-16-7-3-14(4-8-16)20(30)28-24-26-11-13-35-24/h3-11,13,27H,2,12H2,1H3,(H,26,28,30). The van der Waals surface area contributed by atoms with Crippen LogP contribution in [0.5, 0.6) is 0 Å². The number of imide groups is 1. The molecule has 0 saturated carbocycles. The number of ether oxygens (including phenoxy) is 1. The Bertz CT molecular complexity index is 1300. The van der Waals surface area contributed by atoms with E-state index < -0.39 is 17.8 Å². The molecular weight excluding hydrogens is 492 g/mol. The predicted molar refractivity (Wildman–Crippen MR) is 133 cm³/mol. The first-order valence-electron chi connectivity index (χ1n) is 10.5. The molecule has 9 nitrogen and oxygen atoms in total. The Hall–Kier alpha value is -4.02. The number of esters is 1. The Kier molecular flexibility index (Phi) is 7.23. The van der Waals surface area contributed by atoms with Crippen LogP contribution in [-0.2, 0) is 14.3 Å². The van der Waals surface area contributed by atoms with Gasteiger partial charge in [0.15, 0.2) is 5.13 Å². The SMILES string of the molecule is CCCOC(=O)c1ccc(N2C(=O)C(Cl)=C(Nc3ccc(C(=O)Nc4nccs4)cc3)C2=O)cc1. The number of carbonyl (C=O) groups excluding carboxylic acids is 4. The van der Waals surface area contributed by atoms with Gasteiger partial charge in [0.2, 0.25) is 0 Å². The number of rotatable bonds is 8. The summed E-state index contributed by atoms with van der Waals surface area (Å²) in [6.07, 6.45) is 2.28. The summed E-state index contributed by atoms with van der Waals surface area (Å²) >= 11 is 7.48. The number of benzene rings is 2. The Balaban J connectivity index is 1.45. The van der Waals surface area contributed by atoms with E-state index in [0.29, 0.717) is 35.0 Å². The summed E-state index contributed by atoms with van der Waals surface area (Å²) in [7, 11) is 0. The van der Waals surface area contributed by atoms with E-state index in [1.54, 1.807) is 35.8 Å². The Labute approximate surface area is 209 Å². The average Bonchev–Trinajstić information content (AvgIpc) is 3.45. The normalized spacial score (nSPS) is 13.3. The molecule has 4 rings (SSSR count). The van der Waals surface area contributed by atoms with Crippen LogP contribution in [-0.4, -0.2) is 35.3 Å². The highest BCUT2D eigenvalue weighted by Crippen LogP contribution is 2.30. The topological polar surface area (TPSA) is 118 Å². The van der Waals surface area contributed by atoms with Gasteiger partial charge in [-0.15, -0.1) is 11.3 Å². The number of thiazole rings is 1. The molecule has 11 heteroatoms. The summed E-state index contributed by atoms with van der Waals surface area (Å²) in [6.45, 7) is 2.19. The number of anilines is 3. The maximum Gasteiger partial charge on any atom is 0.338 e. The summed E-state index contributed by atoms with van der Waals surface area (Å²) in [5, 5.41) is 7.49. The zero-order chi connectivity index (χ0) is 24.9. The van der Waals surface area contributed by atoms with E-state index in [-0.39, 0.29) is 22.3 Å². The van der Waals surface area contributed by atoms with Crippen molar-refractivity contribution in [2.24, 2.45) is 0 Å². The number of hydrogen-bond acceptors (Lipinski definition) is 8. The lowest BCUT2D eigenvalue weighted by molar-refractivity contribution is -0.120. The van der Waals surface area contributed by atoms with Crippen LogP contribution in [0.3, 0.4) is 0 Å². The molecule has 0 unspecified atom stereocenters. The summed E-state index contributed by atoms with van der Waals surface area (Å²) in [4.78, 5) is 54.9. The van der Waals surface area contributed by atoms with E-state index in [9.17, 15) is 19.2 Å². The van der Waals surface area contributed by atoms with Gasteiger partial charge in [0.1, 0.15) is 10.7 Å². The fourth-order valence-corrected chi connectivity index (χ4v) is 3.91. The van der Waals surface area contributed by atoms with Crippen LogP contribution < -0.4 is 15.5 Å². The first-order chi connectivity index (χ1) is 16.9. The van der Waals surface area contributed by atoms with Crippen molar-refractivity contribution in [1.29, 1.82) is 0 Å². The van der Waals surface area contributed by atoms with E-state index in [2.05, 4.69) is 15.6 Å². The Morgan fingerprint density at radius 2 is 1.71 bits per heavy atom. The third-order valence-electron chi connectivity index (χ3n) is 4.90. The average molecular weight is 511 g/mol. The van der Waals surface area contributed by atoms with Crippen molar-refractivity contribution in [3.63, 3.8) is 0 Å². The molecule has 3 aromatic rings. The zero-order valence-electron chi connectivity index (χ0n) is 18.4. The number of nitrogens with one attached hydrogen (secondary N) is 2. The maximum atomic E-state index is 13.0. The van der Waals surface area contributed by atoms with E-state index in [1.807, 2.05) is 6.92 Å². The second-order valence-corrected chi connectivity index (χ2v) is 8.58. The van der Waals surface area contributed by atoms with Gasteiger partial charge in [-0.1, -0.05) is 18.5 Å². The number of nitrogens with zero attached hydrogens (tertiary/aromatic N) is 2. The van der Waals surface area contributed by atoms with Crippen LogP contribution in [0, 0.1) is 0 Å². The van der Waals surface area contributed by atoms with Crippen molar-refractivity contribution in [1.82, 2.24) is 4.98 Å². The number of amides is 3. The zero-order valence-corrected chi connectivity index (χ0v) is 20.0. The molecule has 1 aromatic heterocycles. The largest absolute Gasteiger partial charge is 0.462 e. The molecule has 0 atom stereocenters. The quantitative estimate of drug-likeness (QED) is 0.340. The van der Waals surface area contributed by atoms with Crippen molar-refractivity contribution in [2.75, 3.05) is 22.1 Å². The predicted octanol–water partition coefficient (Wildman–Crippen LogP) is 4.40. The number of hydrogen-bond donors (Lipinski definition) is 2. The molecule has 0 radical (unpaired) electrons. The number of aromatic nitrogens is 1. The van der Waals surface area contributed by atoms with Crippen molar-refractivity contribution in [3.05, 3.63) is 82.0 Å². The van der Waals surface area contributed by atoms with E-state index in [0.717, 1.165) is 4.90 Å². The molecule has 0 fully saturated rings. The lowest BCUT2D eigenvalue weighted by Gasteiger charge is -2.15. The van der Waals surface area contributed by atoms with E-state index in [4.69, 9.17) is 16.3 Å². The third kappa shape index (κ3) is 5.23. The summed E-state index contributed by atoms with van der Waals surface area (Å²) in [5.74, 6) is -2.16. The third-order valence-corrected chi connectivity index (χ3v) is 5.93. The van der Waals surface area contributed by atoms with Gasteiger partial charge in [-0.05, 0) is 55.0 Å². The molecule has 2 N–H and O–H groups in total. The lowest BCUT2D eigenvalue weighted by Crippen LogP contribution is -2.32. The molecule has 0 spiro atoms. The minimum absolute atomic E-state index is 0.0944. The van der Waals surface area contributed by atoms with Gasteiger partial charge in [0, 0.05) is 22.8 Å². The second kappa shape index (κ2) is 10.5. The minimum Gasteiger partial charge on any atom is -0.462 e. The highest BCUT2D eigenvalue weighted by atomic mass is 35.5. The van der Waals surface area contributed by atoms with Gasteiger partial charge in [0.05, 0.1) is 17.9 Å². The van der Waals surface area contributed by atoms with E-state index in [1.165, 1.54) is 35.6 Å².